The lowest BCUT2D eigenvalue weighted by molar-refractivity contribution is 0.236. The molecule has 5 nitrogen and oxygen atoms in total. The van der Waals surface area contributed by atoms with E-state index >= 15 is 0 Å². The van der Waals surface area contributed by atoms with Crippen LogP contribution in [0.3, 0.4) is 0 Å². The molecule has 0 bridgehead atoms. The molecule has 0 radical (unpaired) electrons. The number of benzene rings is 1. The summed E-state index contributed by atoms with van der Waals surface area (Å²) in [5, 5.41) is 5.51. The highest BCUT2D eigenvalue weighted by Crippen LogP contribution is 2.18. The molecule has 0 aromatic heterocycles. The molecule has 2 amide bonds. The highest BCUT2D eigenvalue weighted by molar-refractivity contribution is 5.73. The maximum absolute atomic E-state index is 11.3. The minimum absolute atomic E-state index is 0.150. The zero-order chi connectivity index (χ0) is 13.9. The van der Waals surface area contributed by atoms with Gasteiger partial charge in [0.05, 0.1) is 13.7 Å². The van der Waals surface area contributed by atoms with E-state index in [4.69, 9.17) is 9.47 Å². The highest BCUT2D eigenvalue weighted by Gasteiger charge is 1.99. The van der Waals surface area contributed by atoms with Gasteiger partial charge in [0.25, 0.3) is 0 Å². The standard InChI is InChI=1S/C14H22N2O3/c1-3-4-8-15-14(17)16-9-10-19-13-7-5-6-12(11-13)18-2/h5-7,11H,3-4,8-10H2,1-2H3,(H2,15,16,17). The lowest BCUT2D eigenvalue weighted by Crippen LogP contribution is -2.38. The van der Waals surface area contributed by atoms with Gasteiger partial charge in [-0.1, -0.05) is 19.4 Å². The maximum Gasteiger partial charge on any atom is 0.314 e. The normalized spacial score (nSPS) is 9.79. The topological polar surface area (TPSA) is 59.6 Å². The Morgan fingerprint density at radius 2 is 1.95 bits per heavy atom. The monoisotopic (exact) mass is 266 g/mol. The van der Waals surface area contributed by atoms with Gasteiger partial charge in [0.1, 0.15) is 18.1 Å². The summed E-state index contributed by atoms with van der Waals surface area (Å²) in [4.78, 5) is 11.3. The summed E-state index contributed by atoms with van der Waals surface area (Å²) >= 11 is 0. The van der Waals surface area contributed by atoms with Gasteiger partial charge in [-0.2, -0.15) is 0 Å². The van der Waals surface area contributed by atoms with Gasteiger partial charge in [0, 0.05) is 12.6 Å². The predicted octanol–water partition coefficient (Wildman–Crippen LogP) is 2.17. The van der Waals surface area contributed by atoms with Crippen molar-refractivity contribution in [1.82, 2.24) is 10.6 Å². The summed E-state index contributed by atoms with van der Waals surface area (Å²) in [6, 6.07) is 7.22. The first-order valence-corrected chi connectivity index (χ1v) is 6.54. The molecule has 1 rings (SSSR count). The first-order chi connectivity index (χ1) is 9.26. The molecule has 0 heterocycles. The van der Waals surface area contributed by atoms with E-state index in [9.17, 15) is 4.79 Å². The summed E-state index contributed by atoms with van der Waals surface area (Å²) < 4.78 is 10.6. The molecule has 0 saturated heterocycles. The Morgan fingerprint density at radius 1 is 1.21 bits per heavy atom. The van der Waals surface area contributed by atoms with E-state index in [2.05, 4.69) is 17.6 Å². The number of hydrogen-bond acceptors (Lipinski definition) is 3. The van der Waals surface area contributed by atoms with Gasteiger partial charge in [-0.3, -0.25) is 0 Å². The molecule has 19 heavy (non-hydrogen) atoms. The molecule has 0 aliphatic heterocycles. The van der Waals surface area contributed by atoms with Gasteiger partial charge in [-0.15, -0.1) is 0 Å². The third-order valence-corrected chi connectivity index (χ3v) is 2.51. The molecule has 0 fully saturated rings. The van der Waals surface area contributed by atoms with Gasteiger partial charge < -0.3 is 20.1 Å². The van der Waals surface area contributed by atoms with Crippen LogP contribution < -0.4 is 20.1 Å². The van der Waals surface area contributed by atoms with Gasteiger partial charge in [-0.05, 0) is 18.6 Å². The first kappa shape index (κ1) is 15.1. The highest BCUT2D eigenvalue weighted by atomic mass is 16.5. The van der Waals surface area contributed by atoms with Crippen molar-refractivity contribution >= 4 is 6.03 Å². The molecule has 0 spiro atoms. The molecule has 0 unspecified atom stereocenters. The van der Waals surface area contributed by atoms with E-state index in [1.165, 1.54) is 0 Å². The number of hydrogen-bond donors (Lipinski definition) is 2. The molecule has 2 N–H and O–H groups in total. The van der Waals surface area contributed by atoms with Crippen molar-refractivity contribution in [3.05, 3.63) is 24.3 Å². The second-order valence-corrected chi connectivity index (χ2v) is 4.06. The minimum atomic E-state index is -0.150. The second-order valence-electron chi connectivity index (χ2n) is 4.06. The lowest BCUT2D eigenvalue weighted by atomic mass is 10.3. The molecular weight excluding hydrogens is 244 g/mol. The quantitative estimate of drug-likeness (QED) is 0.709. The van der Waals surface area contributed by atoms with Crippen LogP contribution >= 0.6 is 0 Å². The van der Waals surface area contributed by atoms with Crippen LogP contribution in [0.15, 0.2) is 24.3 Å². The number of amides is 2. The smallest absolute Gasteiger partial charge is 0.314 e. The van der Waals surface area contributed by atoms with Crippen molar-refractivity contribution in [2.45, 2.75) is 19.8 Å². The Labute approximate surface area is 114 Å². The van der Waals surface area contributed by atoms with E-state index in [0.29, 0.717) is 19.7 Å². The van der Waals surface area contributed by atoms with Crippen molar-refractivity contribution in [2.75, 3.05) is 26.8 Å². The lowest BCUT2D eigenvalue weighted by Gasteiger charge is -2.09. The molecule has 0 aliphatic rings. The molecule has 106 valence electrons. The molecule has 1 aromatic carbocycles. The van der Waals surface area contributed by atoms with Crippen LogP contribution in [0.5, 0.6) is 11.5 Å². The number of rotatable bonds is 8. The average molecular weight is 266 g/mol. The van der Waals surface area contributed by atoms with E-state index in [1.54, 1.807) is 13.2 Å². The fourth-order valence-electron chi connectivity index (χ4n) is 1.47. The summed E-state index contributed by atoms with van der Waals surface area (Å²) in [7, 11) is 1.61. The number of carbonyl (C=O) groups excluding carboxylic acids is 1. The Kier molecular flexibility index (Phi) is 7.24. The van der Waals surface area contributed by atoms with E-state index in [1.807, 2.05) is 18.2 Å². The Hall–Kier alpha value is -1.91. The van der Waals surface area contributed by atoms with Crippen molar-refractivity contribution in [3.8, 4) is 11.5 Å². The van der Waals surface area contributed by atoms with Crippen LogP contribution in [0.2, 0.25) is 0 Å². The van der Waals surface area contributed by atoms with Crippen molar-refractivity contribution < 1.29 is 14.3 Å². The zero-order valence-corrected chi connectivity index (χ0v) is 11.6. The number of methoxy groups -OCH3 is 1. The SMILES string of the molecule is CCCCNC(=O)NCCOc1cccc(OC)c1. The summed E-state index contributed by atoms with van der Waals surface area (Å²) in [5.41, 5.74) is 0. The number of ether oxygens (including phenoxy) is 2. The number of nitrogens with one attached hydrogen (secondary N) is 2. The van der Waals surface area contributed by atoms with Crippen molar-refractivity contribution in [3.63, 3.8) is 0 Å². The van der Waals surface area contributed by atoms with Crippen LogP contribution in [-0.4, -0.2) is 32.8 Å². The number of carbonyl (C=O) groups is 1. The number of urea groups is 1. The van der Waals surface area contributed by atoms with Crippen LogP contribution in [0, 0.1) is 0 Å². The molecule has 1 aromatic rings. The summed E-state index contributed by atoms with van der Waals surface area (Å²) in [6.45, 7) is 3.68. The second kappa shape index (κ2) is 9.08. The van der Waals surface area contributed by atoms with Crippen LogP contribution in [0.4, 0.5) is 4.79 Å². The Morgan fingerprint density at radius 3 is 2.68 bits per heavy atom. The number of unbranched alkanes of at least 4 members (excludes halogenated alkanes) is 1. The summed E-state index contributed by atoms with van der Waals surface area (Å²) in [5.74, 6) is 1.48. The van der Waals surface area contributed by atoms with E-state index in [-0.39, 0.29) is 6.03 Å². The third-order valence-electron chi connectivity index (χ3n) is 2.51. The molecule has 0 atom stereocenters. The molecule has 0 saturated carbocycles. The maximum atomic E-state index is 11.3. The van der Waals surface area contributed by atoms with Crippen LogP contribution in [0.1, 0.15) is 19.8 Å². The predicted molar refractivity (Wildman–Crippen MR) is 74.8 cm³/mol. The van der Waals surface area contributed by atoms with Crippen LogP contribution in [0.25, 0.3) is 0 Å². The zero-order valence-electron chi connectivity index (χ0n) is 11.6. The Bertz CT molecular complexity index is 383. The van der Waals surface area contributed by atoms with Gasteiger partial charge >= 0.3 is 6.03 Å². The van der Waals surface area contributed by atoms with Crippen molar-refractivity contribution in [2.24, 2.45) is 0 Å². The Balaban J connectivity index is 2.14. The first-order valence-electron chi connectivity index (χ1n) is 6.54. The van der Waals surface area contributed by atoms with Gasteiger partial charge in [0.2, 0.25) is 0 Å². The van der Waals surface area contributed by atoms with E-state index < -0.39 is 0 Å². The van der Waals surface area contributed by atoms with Crippen molar-refractivity contribution in [1.29, 1.82) is 0 Å². The van der Waals surface area contributed by atoms with E-state index in [0.717, 1.165) is 24.3 Å². The minimum Gasteiger partial charge on any atom is -0.497 e. The molecule has 5 heteroatoms. The fourth-order valence-corrected chi connectivity index (χ4v) is 1.47. The van der Waals surface area contributed by atoms with Gasteiger partial charge in [-0.25, -0.2) is 4.79 Å². The molecule has 0 aliphatic carbocycles. The van der Waals surface area contributed by atoms with Gasteiger partial charge in [0.15, 0.2) is 0 Å². The largest absolute Gasteiger partial charge is 0.497 e. The molecular formula is C14H22N2O3. The fraction of sp³-hybridized carbons (Fsp3) is 0.500. The average Bonchev–Trinajstić information content (AvgIpc) is 2.44. The third kappa shape index (κ3) is 6.55. The van der Waals surface area contributed by atoms with Crippen LogP contribution in [-0.2, 0) is 0 Å². The summed E-state index contributed by atoms with van der Waals surface area (Å²) in [6.07, 6.45) is 2.06.